The number of thiophene rings is 3. The number of nitrogens with one attached hydrogen (secondary N) is 3. The maximum Gasteiger partial charge on any atom is 0.293 e. The highest BCUT2D eigenvalue weighted by molar-refractivity contribution is 7.13. The predicted molar refractivity (Wildman–Crippen MR) is 209 cm³/mol. The maximum atomic E-state index is 11.9. The quantitative estimate of drug-likeness (QED) is 0.219. The Kier molecular flexibility index (Phi) is 12.8. The van der Waals surface area contributed by atoms with Crippen LogP contribution in [-0.4, -0.2) is 127 Å². The number of Topliss-reactive ketones (excluding diaryl/α,β-unsaturated/α-hetero) is 3. The van der Waals surface area contributed by atoms with Crippen LogP contribution in [-0.2, 0) is 14.4 Å². The Hall–Kier alpha value is -3.60. The van der Waals surface area contributed by atoms with Gasteiger partial charge in [0.25, 0.3) is 35.1 Å². The molecule has 3 aromatic heterocycles. The largest absolute Gasteiger partial charge is 0.345 e. The molecule has 1 unspecified atom stereocenters. The van der Waals surface area contributed by atoms with Crippen molar-refractivity contribution in [3.05, 3.63) is 67.2 Å². The molecule has 0 spiro atoms. The average Bonchev–Trinajstić information content (AvgIpc) is 4.05. The maximum absolute atomic E-state index is 11.9. The Bertz CT molecular complexity index is 1550. The Morgan fingerprint density at radius 1 is 0.444 bits per heavy atom. The van der Waals surface area contributed by atoms with Crippen LogP contribution in [0, 0.1) is 17.8 Å². The van der Waals surface area contributed by atoms with Crippen molar-refractivity contribution in [2.45, 2.75) is 56.7 Å². The number of piperidine rings is 9. The van der Waals surface area contributed by atoms with Crippen LogP contribution in [0.2, 0.25) is 0 Å². The summed E-state index contributed by atoms with van der Waals surface area (Å²) < 4.78 is 0. The van der Waals surface area contributed by atoms with E-state index in [4.69, 9.17) is 0 Å². The van der Waals surface area contributed by atoms with E-state index in [1.165, 1.54) is 34.0 Å². The van der Waals surface area contributed by atoms with Crippen LogP contribution >= 0.6 is 34.0 Å². The number of carbonyl (C=O) groups is 6. The lowest BCUT2D eigenvalue weighted by Crippen LogP contribution is -2.58. The van der Waals surface area contributed by atoms with Gasteiger partial charge in [0.05, 0.1) is 14.6 Å². The van der Waals surface area contributed by atoms with Gasteiger partial charge in [0.1, 0.15) is 0 Å². The average molecular weight is 793 g/mol. The van der Waals surface area contributed by atoms with Gasteiger partial charge in [0.15, 0.2) is 0 Å². The minimum absolute atomic E-state index is 0.156. The molecule has 9 fully saturated rings. The van der Waals surface area contributed by atoms with E-state index in [9.17, 15) is 28.8 Å². The highest BCUT2D eigenvalue weighted by Crippen LogP contribution is 2.29. The molecule has 0 saturated carbocycles. The lowest BCUT2D eigenvalue weighted by Gasteiger charge is -2.44. The van der Waals surface area contributed by atoms with E-state index >= 15 is 0 Å². The first-order valence-electron chi connectivity index (χ1n) is 19.0. The molecule has 3 amide bonds. The summed E-state index contributed by atoms with van der Waals surface area (Å²) in [5.41, 5.74) is 0. The number of fused-ring (bicyclic) bond motifs is 9. The molecule has 12 rings (SSSR count). The number of ketones is 3. The van der Waals surface area contributed by atoms with Gasteiger partial charge in [-0.1, -0.05) is 18.2 Å². The summed E-state index contributed by atoms with van der Waals surface area (Å²) in [6, 6.07) is 10.9. The second-order valence-electron chi connectivity index (χ2n) is 15.1. The summed E-state index contributed by atoms with van der Waals surface area (Å²) in [6.45, 7) is 9.50. The molecule has 3 aromatic rings. The molecule has 6 bridgehead atoms. The summed E-state index contributed by atoms with van der Waals surface area (Å²) in [4.78, 5) is 80.0. The van der Waals surface area contributed by atoms with Crippen molar-refractivity contribution >= 4 is 69.1 Å². The third-order valence-corrected chi connectivity index (χ3v) is 14.4. The molecular weight excluding hydrogens is 745 g/mol. The minimum Gasteiger partial charge on any atom is -0.345 e. The SMILES string of the molecule is O=C(NC1CN2CCC1CC2)C(=O)c1cccs1.O=C(N[C@@H]1CN2CCC1CC2)C(=O)c1cccs1.O=C(N[C@H]1CN2CCC1CC2)C(=O)c1cccs1. The van der Waals surface area contributed by atoms with Gasteiger partial charge >= 0.3 is 0 Å². The van der Waals surface area contributed by atoms with Crippen molar-refractivity contribution in [2.24, 2.45) is 17.8 Å². The van der Waals surface area contributed by atoms with Crippen molar-refractivity contribution in [1.82, 2.24) is 30.7 Å². The molecule has 9 aliphatic rings. The molecule has 0 radical (unpaired) electrons. The Morgan fingerprint density at radius 2 is 0.704 bits per heavy atom. The van der Waals surface area contributed by atoms with E-state index in [0.29, 0.717) is 32.4 Å². The van der Waals surface area contributed by atoms with Gasteiger partial charge in [-0.25, -0.2) is 0 Å². The topological polar surface area (TPSA) is 148 Å². The highest BCUT2D eigenvalue weighted by Gasteiger charge is 2.38. The first-order chi connectivity index (χ1) is 26.2. The highest BCUT2D eigenvalue weighted by atomic mass is 32.1. The van der Waals surface area contributed by atoms with Gasteiger partial charge in [0, 0.05) is 37.8 Å². The zero-order chi connectivity index (χ0) is 37.6. The van der Waals surface area contributed by atoms with E-state index in [1.54, 1.807) is 36.4 Å². The van der Waals surface area contributed by atoms with Crippen LogP contribution in [0.1, 0.15) is 67.5 Å². The molecule has 288 valence electrons. The molecule has 54 heavy (non-hydrogen) atoms. The van der Waals surface area contributed by atoms with Crippen LogP contribution in [0.5, 0.6) is 0 Å². The molecule has 12 nitrogen and oxygen atoms in total. The van der Waals surface area contributed by atoms with E-state index in [1.807, 2.05) is 16.1 Å². The van der Waals surface area contributed by atoms with Crippen LogP contribution in [0.4, 0.5) is 0 Å². The van der Waals surface area contributed by atoms with Crippen molar-refractivity contribution in [1.29, 1.82) is 0 Å². The number of carbonyl (C=O) groups excluding carboxylic acids is 6. The summed E-state index contributed by atoms with van der Waals surface area (Å²) in [5.74, 6) is -0.895. The van der Waals surface area contributed by atoms with Crippen LogP contribution in [0.3, 0.4) is 0 Å². The van der Waals surface area contributed by atoms with Crippen molar-refractivity contribution in [3.63, 3.8) is 0 Å². The third kappa shape index (κ3) is 9.43. The van der Waals surface area contributed by atoms with Gasteiger partial charge < -0.3 is 30.7 Å². The normalized spacial score (nSPS) is 30.1. The standard InChI is InChI=1S/3C13H16N2O2S/c3*16-12(11-2-1-7-18-11)13(17)14-10-8-15-5-3-9(10)4-6-15/h3*1-2,7,9-10H,3-6,8H2,(H,14,17)/t2*10-;/m10./s1. The molecule has 12 heterocycles. The van der Waals surface area contributed by atoms with E-state index in [2.05, 4.69) is 30.7 Å². The second kappa shape index (κ2) is 17.9. The molecule has 3 atom stereocenters. The van der Waals surface area contributed by atoms with E-state index in [-0.39, 0.29) is 18.1 Å². The van der Waals surface area contributed by atoms with Crippen molar-refractivity contribution in [3.8, 4) is 0 Å². The van der Waals surface area contributed by atoms with Crippen LogP contribution in [0.25, 0.3) is 0 Å². The van der Waals surface area contributed by atoms with E-state index < -0.39 is 35.1 Å². The summed E-state index contributed by atoms with van der Waals surface area (Å²) in [7, 11) is 0. The monoisotopic (exact) mass is 792 g/mol. The first-order valence-corrected chi connectivity index (χ1v) is 21.7. The lowest BCUT2D eigenvalue weighted by molar-refractivity contribution is -0.119. The molecule has 3 N–H and O–H groups in total. The molecule has 15 heteroatoms. The fraction of sp³-hybridized carbons (Fsp3) is 0.538. The summed E-state index contributed by atoms with van der Waals surface area (Å²) >= 11 is 3.95. The first kappa shape index (κ1) is 38.7. The smallest absolute Gasteiger partial charge is 0.293 e. The minimum atomic E-state index is -0.448. The second-order valence-corrected chi connectivity index (χ2v) is 17.9. The lowest BCUT2D eigenvalue weighted by atomic mass is 9.84. The zero-order valence-electron chi connectivity index (χ0n) is 30.3. The van der Waals surface area contributed by atoms with Gasteiger partial charge in [0.2, 0.25) is 0 Å². The third-order valence-electron chi connectivity index (χ3n) is 11.8. The Balaban J connectivity index is 0.000000125. The Labute approximate surface area is 327 Å². The van der Waals surface area contributed by atoms with Gasteiger partial charge in [-0.3, -0.25) is 28.8 Å². The Morgan fingerprint density at radius 3 is 0.889 bits per heavy atom. The van der Waals surface area contributed by atoms with Crippen molar-refractivity contribution < 1.29 is 28.8 Å². The summed E-state index contributed by atoms with van der Waals surface area (Å²) in [6.07, 6.45) is 6.82. The fourth-order valence-electron chi connectivity index (χ4n) is 8.65. The molecule has 9 saturated heterocycles. The fourth-order valence-corrected chi connectivity index (χ4v) is 10.6. The van der Waals surface area contributed by atoms with Crippen LogP contribution < -0.4 is 16.0 Å². The number of amides is 3. The number of nitrogens with zero attached hydrogens (tertiary/aromatic N) is 3. The number of hydrogen-bond acceptors (Lipinski definition) is 12. The molecule has 9 aliphatic heterocycles. The molecule has 0 aliphatic carbocycles. The van der Waals surface area contributed by atoms with E-state index in [0.717, 1.165) is 97.4 Å². The van der Waals surface area contributed by atoms with Gasteiger partial charge in [-0.15, -0.1) is 34.0 Å². The van der Waals surface area contributed by atoms with Gasteiger partial charge in [-0.2, -0.15) is 0 Å². The molecule has 0 aromatic carbocycles. The molecular formula is C39H48N6O6S3. The van der Waals surface area contributed by atoms with Crippen LogP contribution in [0.15, 0.2) is 52.5 Å². The number of rotatable bonds is 9. The number of hydrogen-bond donors (Lipinski definition) is 3. The van der Waals surface area contributed by atoms with Crippen molar-refractivity contribution in [2.75, 3.05) is 58.9 Å². The predicted octanol–water partition coefficient (Wildman–Crippen LogP) is 3.42. The summed E-state index contributed by atoms with van der Waals surface area (Å²) in [5, 5.41) is 14.2. The zero-order valence-corrected chi connectivity index (χ0v) is 32.7. The van der Waals surface area contributed by atoms with Gasteiger partial charge in [-0.05, 0) is 130 Å².